The Balaban J connectivity index is 1.92. The van der Waals surface area contributed by atoms with Gasteiger partial charge >= 0.3 is 5.97 Å². The number of ether oxygens (including phenoxy) is 2. The first-order valence-electron chi connectivity index (χ1n) is 18.3. The summed E-state index contributed by atoms with van der Waals surface area (Å²) in [5.74, 6) is 1.96. The van der Waals surface area contributed by atoms with Crippen LogP contribution in [0.15, 0.2) is 42.5 Å². The minimum absolute atomic E-state index is 0.0623. The van der Waals surface area contributed by atoms with Gasteiger partial charge in [-0.25, -0.2) is 4.79 Å². The lowest BCUT2D eigenvalue weighted by Crippen LogP contribution is -2.47. The fraction of sp³-hybridized carbons (Fsp3) is 0.625. The number of rotatable bonds is 21. The normalized spacial score (nSPS) is 16.7. The second kappa shape index (κ2) is 20.0. The monoisotopic (exact) mass is 648 g/mol. The molecule has 0 unspecified atom stereocenters. The number of hydrogen-bond acceptors (Lipinski definition) is 7. The first kappa shape index (κ1) is 38.7. The maximum absolute atomic E-state index is 12.2. The van der Waals surface area contributed by atoms with Crippen molar-refractivity contribution in [1.29, 1.82) is 0 Å². The molecule has 0 saturated heterocycles. The van der Waals surface area contributed by atoms with Crippen LogP contribution in [0.4, 0.5) is 0 Å². The first-order chi connectivity index (χ1) is 22.7. The summed E-state index contributed by atoms with van der Waals surface area (Å²) in [6, 6.07) is 11.8. The summed E-state index contributed by atoms with van der Waals surface area (Å²) in [7, 11) is 0. The van der Waals surface area contributed by atoms with Crippen LogP contribution >= 0.6 is 0 Å². The molecule has 8 N–H and O–H groups in total. The predicted octanol–water partition coefficient (Wildman–Crippen LogP) is 6.95. The van der Waals surface area contributed by atoms with Crippen LogP contribution in [-0.2, 0) is 28.8 Å². The number of nitrogens with two attached hydrogens (primary N) is 4. The molecular weight excluding hydrogens is 584 g/mol. The number of benzene rings is 2. The molecule has 1 aliphatic rings. The van der Waals surface area contributed by atoms with Crippen molar-refractivity contribution in [3.05, 3.63) is 64.7 Å². The highest BCUT2D eigenvalue weighted by atomic mass is 16.5. The van der Waals surface area contributed by atoms with E-state index in [4.69, 9.17) is 32.4 Å². The van der Waals surface area contributed by atoms with E-state index in [1.54, 1.807) is 6.92 Å². The molecule has 7 nitrogen and oxygen atoms in total. The van der Waals surface area contributed by atoms with Crippen LogP contribution in [0.25, 0.3) is 11.1 Å². The van der Waals surface area contributed by atoms with Gasteiger partial charge in [0.25, 0.3) is 0 Å². The molecule has 7 heteroatoms. The summed E-state index contributed by atoms with van der Waals surface area (Å²) in [6.45, 7) is 11.7. The highest BCUT2D eigenvalue weighted by Gasteiger charge is 2.31. The summed E-state index contributed by atoms with van der Waals surface area (Å²) >= 11 is 0. The van der Waals surface area contributed by atoms with E-state index in [2.05, 4.69) is 50.8 Å². The summed E-state index contributed by atoms with van der Waals surface area (Å²) in [5.41, 5.74) is 31.6. The topological polar surface area (TPSA) is 140 Å². The van der Waals surface area contributed by atoms with Crippen molar-refractivity contribution in [3.8, 4) is 16.9 Å². The standard InChI is InChI=1S/C40H64N4O3/c1-5-7-8-11-30-14-16-32(17-15-30)33-18-19-37(31(6-2)22-33)36-23-34(12-9-20-41)38(35(24-36)13-10-21-42)46-27-40(25-43,26-44)28-47-39(45)29(3)4/h18-19,22-24,30,32H,3,5-17,20-21,25-28,41-44H2,1-2,4H3. The van der Waals surface area contributed by atoms with Crippen molar-refractivity contribution in [2.45, 2.75) is 110 Å². The van der Waals surface area contributed by atoms with Gasteiger partial charge in [0.1, 0.15) is 12.4 Å². The third-order valence-corrected chi connectivity index (χ3v) is 10.1. The average Bonchev–Trinajstić information content (AvgIpc) is 3.10. The van der Waals surface area contributed by atoms with Gasteiger partial charge in [0, 0.05) is 18.7 Å². The van der Waals surface area contributed by atoms with Crippen LogP contribution in [0.1, 0.15) is 113 Å². The number of unbranched alkanes of at least 4 members (excludes halogenated alkanes) is 2. The zero-order valence-electron chi connectivity index (χ0n) is 29.7. The van der Waals surface area contributed by atoms with E-state index in [1.165, 1.54) is 73.6 Å². The van der Waals surface area contributed by atoms with Crippen LogP contribution < -0.4 is 27.7 Å². The number of esters is 1. The van der Waals surface area contributed by atoms with E-state index in [1.807, 2.05) is 0 Å². The molecule has 1 saturated carbocycles. The molecule has 3 rings (SSSR count). The minimum atomic E-state index is -0.722. The van der Waals surface area contributed by atoms with Crippen molar-refractivity contribution < 1.29 is 14.3 Å². The Kier molecular flexibility index (Phi) is 16.4. The molecule has 2 aromatic carbocycles. The summed E-state index contributed by atoms with van der Waals surface area (Å²) in [4.78, 5) is 12.2. The molecule has 0 spiro atoms. The Morgan fingerprint density at radius 2 is 1.49 bits per heavy atom. The van der Waals surface area contributed by atoms with Gasteiger partial charge in [-0.1, -0.05) is 64.3 Å². The molecule has 1 fully saturated rings. The van der Waals surface area contributed by atoms with Gasteiger partial charge in [0.05, 0.1) is 12.0 Å². The van der Waals surface area contributed by atoms with E-state index >= 15 is 0 Å². The van der Waals surface area contributed by atoms with Crippen LogP contribution in [0.2, 0.25) is 0 Å². The molecule has 0 heterocycles. The van der Waals surface area contributed by atoms with Gasteiger partial charge in [0.15, 0.2) is 0 Å². The smallest absolute Gasteiger partial charge is 0.333 e. The number of hydrogen-bond donors (Lipinski definition) is 4. The molecule has 0 bridgehead atoms. The Labute approximate surface area is 285 Å². The third-order valence-electron chi connectivity index (χ3n) is 10.1. The Bertz CT molecular complexity index is 1240. The largest absolute Gasteiger partial charge is 0.492 e. The zero-order valence-corrected chi connectivity index (χ0v) is 29.7. The van der Waals surface area contributed by atoms with Gasteiger partial charge in [0.2, 0.25) is 0 Å². The lowest BCUT2D eigenvalue weighted by molar-refractivity contribution is -0.142. The molecule has 2 aromatic rings. The number of carbonyl (C=O) groups excluding carboxylic acids is 1. The Hall–Kier alpha value is -2.71. The predicted molar refractivity (Wildman–Crippen MR) is 197 cm³/mol. The fourth-order valence-corrected chi connectivity index (χ4v) is 6.89. The van der Waals surface area contributed by atoms with E-state index < -0.39 is 11.4 Å². The zero-order chi connectivity index (χ0) is 34.2. The van der Waals surface area contributed by atoms with Gasteiger partial charge < -0.3 is 32.4 Å². The molecule has 0 aliphatic heterocycles. The van der Waals surface area contributed by atoms with Crippen LogP contribution in [0.5, 0.6) is 5.75 Å². The van der Waals surface area contributed by atoms with E-state index in [0.29, 0.717) is 24.6 Å². The van der Waals surface area contributed by atoms with Crippen molar-refractivity contribution in [2.24, 2.45) is 34.3 Å². The second-order valence-corrected chi connectivity index (χ2v) is 13.9. The van der Waals surface area contributed by atoms with E-state index in [-0.39, 0.29) is 26.3 Å². The summed E-state index contributed by atoms with van der Waals surface area (Å²) < 4.78 is 12.1. The molecule has 0 radical (unpaired) electrons. The highest BCUT2D eigenvalue weighted by molar-refractivity contribution is 5.86. The van der Waals surface area contributed by atoms with Crippen molar-refractivity contribution in [1.82, 2.24) is 0 Å². The summed E-state index contributed by atoms with van der Waals surface area (Å²) in [6.07, 6.45) is 15.0. The van der Waals surface area contributed by atoms with Gasteiger partial charge in [-0.2, -0.15) is 0 Å². The number of aryl methyl sites for hydroxylation is 3. The van der Waals surface area contributed by atoms with E-state index in [0.717, 1.165) is 54.9 Å². The molecule has 0 aromatic heterocycles. The van der Waals surface area contributed by atoms with Crippen molar-refractivity contribution in [3.63, 3.8) is 0 Å². The second-order valence-electron chi connectivity index (χ2n) is 13.9. The van der Waals surface area contributed by atoms with Crippen LogP contribution in [0.3, 0.4) is 0 Å². The third kappa shape index (κ3) is 11.2. The molecule has 262 valence electrons. The Morgan fingerprint density at radius 1 is 0.851 bits per heavy atom. The van der Waals surface area contributed by atoms with Crippen molar-refractivity contribution in [2.75, 3.05) is 39.4 Å². The van der Waals surface area contributed by atoms with E-state index in [9.17, 15) is 4.79 Å². The SMILES string of the molecule is C=C(C)C(=O)OCC(CN)(CN)COc1c(CCCN)cc(-c2ccc(C3CCC(CCCCC)CC3)cc2CC)cc1CCCN. The molecule has 0 amide bonds. The first-order valence-corrected chi connectivity index (χ1v) is 18.3. The van der Waals surface area contributed by atoms with Gasteiger partial charge in [-0.05, 0) is 135 Å². The maximum Gasteiger partial charge on any atom is 0.333 e. The minimum Gasteiger partial charge on any atom is -0.492 e. The number of carbonyl (C=O) groups is 1. The average molecular weight is 649 g/mol. The lowest BCUT2D eigenvalue weighted by Gasteiger charge is -2.31. The van der Waals surface area contributed by atoms with Gasteiger partial charge in [-0.3, -0.25) is 0 Å². The fourth-order valence-electron chi connectivity index (χ4n) is 6.89. The Morgan fingerprint density at radius 3 is 2.02 bits per heavy atom. The highest BCUT2D eigenvalue weighted by Crippen LogP contribution is 2.40. The quantitative estimate of drug-likeness (QED) is 0.0652. The lowest BCUT2D eigenvalue weighted by atomic mass is 9.76. The molecule has 0 atom stereocenters. The van der Waals surface area contributed by atoms with Crippen LogP contribution in [-0.4, -0.2) is 45.4 Å². The van der Waals surface area contributed by atoms with Crippen molar-refractivity contribution >= 4 is 5.97 Å². The van der Waals surface area contributed by atoms with Gasteiger partial charge in [-0.15, -0.1) is 0 Å². The summed E-state index contributed by atoms with van der Waals surface area (Å²) in [5, 5.41) is 0. The molecule has 1 aliphatic carbocycles. The molecular formula is C40H64N4O3. The molecule has 47 heavy (non-hydrogen) atoms. The maximum atomic E-state index is 12.2. The van der Waals surface area contributed by atoms with Crippen LogP contribution in [0, 0.1) is 11.3 Å².